The van der Waals surface area contributed by atoms with E-state index >= 15 is 0 Å². The highest BCUT2D eigenvalue weighted by Crippen LogP contribution is 2.68. The van der Waals surface area contributed by atoms with Gasteiger partial charge in [-0.2, -0.15) is 0 Å². The minimum absolute atomic E-state index is 0.209. The number of halogens is 2. The zero-order chi connectivity index (χ0) is 23.4. The molecule has 1 fully saturated rings. The van der Waals surface area contributed by atoms with Crippen molar-refractivity contribution in [2.24, 2.45) is 5.92 Å². The van der Waals surface area contributed by atoms with Gasteiger partial charge in [0, 0.05) is 29.2 Å². The Balaban J connectivity index is 1.87. The smallest absolute Gasteiger partial charge is 0.266 e. The molecule has 5 atom stereocenters. The van der Waals surface area contributed by atoms with Crippen molar-refractivity contribution in [2.75, 3.05) is 20.6 Å². The van der Waals surface area contributed by atoms with Crippen molar-refractivity contribution in [3.8, 4) is 5.75 Å². The molecule has 0 saturated heterocycles. The van der Waals surface area contributed by atoms with Crippen LogP contribution in [0.25, 0.3) is 4.85 Å². The van der Waals surface area contributed by atoms with Crippen LogP contribution in [-0.4, -0.2) is 41.7 Å². The monoisotopic (exact) mass is 523 g/mol. The summed E-state index contributed by atoms with van der Waals surface area (Å²) in [5.41, 5.74) is -0.728. The van der Waals surface area contributed by atoms with Gasteiger partial charge in [-0.05, 0) is 37.4 Å². The first-order valence-electron chi connectivity index (χ1n) is 10.7. The maximum absolute atomic E-state index is 12.6. The van der Waals surface area contributed by atoms with Crippen molar-refractivity contribution in [3.63, 3.8) is 0 Å². The molecule has 2 aromatic carbocycles. The Morgan fingerprint density at radius 1 is 1.18 bits per heavy atom. The van der Waals surface area contributed by atoms with E-state index in [1.807, 2.05) is 68.7 Å². The van der Waals surface area contributed by atoms with Crippen LogP contribution in [0.4, 0.5) is 0 Å². The van der Waals surface area contributed by atoms with Crippen molar-refractivity contribution in [1.29, 1.82) is 0 Å². The van der Waals surface area contributed by atoms with E-state index in [0.717, 1.165) is 15.6 Å². The molecule has 1 unspecified atom stereocenters. The van der Waals surface area contributed by atoms with Gasteiger partial charge in [0.2, 0.25) is 5.60 Å². The number of rotatable bonds is 4. The van der Waals surface area contributed by atoms with Gasteiger partial charge >= 0.3 is 0 Å². The SMILES string of the molecule is [C-]#[N+]C1[C@H](CN(C)C)[C@@H](c2ccccc2)[C@]2(c3ccc(Br)cc3)Oc3cc(Cl)cnc3[C@]12O. The average molecular weight is 525 g/mol. The lowest BCUT2D eigenvalue weighted by Gasteiger charge is -2.39. The highest BCUT2D eigenvalue weighted by atomic mass is 79.9. The molecule has 7 heteroatoms. The highest BCUT2D eigenvalue weighted by Gasteiger charge is 2.80. The van der Waals surface area contributed by atoms with Crippen LogP contribution in [0.1, 0.15) is 22.7 Å². The fourth-order valence-corrected chi connectivity index (χ4v) is 6.19. The Kier molecular flexibility index (Phi) is 5.49. The topological polar surface area (TPSA) is 50.0 Å². The predicted molar refractivity (Wildman–Crippen MR) is 131 cm³/mol. The maximum Gasteiger partial charge on any atom is 0.266 e. The van der Waals surface area contributed by atoms with Gasteiger partial charge in [0.05, 0.1) is 10.9 Å². The molecule has 168 valence electrons. The van der Waals surface area contributed by atoms with Crippen LogP contribution < -0.4 is 4.74 Å². The zero-order valence-corrected chi connectivity index (χ0v) is 20.6. The first-order valence-corrected chi connectivity index (χ1v) is 11.9. The van der Waals surface area contributed by atoms with E-state index in [4.69, 9.17) is 22.9 Å². The number of hydrogen-bond donors (Lipinski definition) is 1. The number of fused-ring (bicyclic) bond motifs is 3. The van der Waals surface area contributed by atoms with Gasteiger partial charge in [0.15, 0.2) is 5.60 Å². The van der Waals surface area contributed by atoms with E-state index in [-0.39, 0.29) is 11.8 Å². The van der Waals surface area contributed by atoms with Crippen LogP contribution in [0, 0.1) is 12.5 Å². The van der Waals surface area contributed by atoms with Crippen LogP contribution in [-0.2, 0) is 11.2 Å². The molecule has 1 aromatic heterocycles. The number of nitrogens with zero attached hydrogens (tertiary/aromatic N) is 3. The summed E-state index contributed by atoms with van der Waals surface area (Å²) in [6, 6.07) is 18.7. The van der Waals surface area contributed by atoms with Crippen LogP contribution in [0.2, 0.25) is 5.02 Å². The molecule has 3 aromatic rings. The molecule has 5 rings (SSSR count). The van der Waals surface area contributed by atoms with Crippen molar-refractivity contribution in [1.82, 2.24) is 9.88 Å². The summed E-state index contributed by atoms with van der Waals surface area (Å²) in [5.74, 6) is -0.0932. The van der Waals surface area contributed by atoms with E-state index in [1.165, 1.54) is 6.20 Å². The first kappa shape index (κ1) is 22.4. The highest BCUT2D eigenvalue weighted by molar-refractivity contribution is 9.10. The van der Waals surface area contributed by atoms with E-state index in [2.05, 4.69) is 30.7 Å². The lowest BCUT2D eigenvalue weighted by Crippen LogP contribution is -2.51. The van der Waals surface area contributed by atoms with Gasteiger partial charge in [-0.25, -0.2) is 6.57 Å². The summed E-state index contributed by atoms with van der Waals surface area (Å²) in [4.78, 5) is 10.6. The summed E-state index contributed by atoms with van der Waals surface area (Å²) in [7, 11) is 3.97. The zero-order valence-electron chi connectivity index (χ0n) is 18.2. The fourth-order valence-electron chi connectivity index (χ4n) is 5.78. The third-order valence-corrected chi connectivity index (χ3v) is 7.60. The molecule has 0 spiro atoms. The molecule has 1 N–H and O–H groups in total. The molecule has 5 nitrogen and oxygen atoms in total. The molecule has 1 aliphatic carbocycles. The van der Waals surface area contributed by atoms with Crippen LogP contribution >= 0.6 is 27.5 Å². The lowest BCUT2D eigenvalue weighted by atomic mass is 9.71. The van der Waals surface area contributed by atoms with Gasteiger partial charge in [0.1, 0.15) is 11.4 Å². The van der Waals surface area contributed by atoms with Gasteiger partial charge in [0.25, 0.3) is 6.04 Å². The predicted octanol–water partition coefficient (Wildman–Crippen LogP) is 5.24. The summed E-state index contributed by atoms with van der Waals surface area (Å²) < 4.78 is 7.69. The second-order valence-corrected chi connectivity index (χ2v) is 10.4. The van der Waals surface area contributed by atoms with E-state index in [9.17, 15) is 5.11 Å². The molecule has 2 heterocycles. The Morgan fingerprint density at radius 3 is 2.52 bits per heavy atom. The molecule has 0 bridgehead atoms. The average Bonchev–Trinajstić information content (AvgIpc) is 3.15. The number of aliphatic hydroxyl groups is 1. The van der Waals surface area contributed by atoms with Crippen LogP contribution in [0.15, 0.2) is 71.3 Å². The van der Waals surface area contributed by atoms with Crippen molar-refractivity contribution >= 4 is 27.5 Å². The second kappa shape index (κ2) is 8.11. The van der Waals surface area contributed by atoms with Crippen molar-refractivity contribution in [2.45, 2.75) is 23.2 Å². The Hall–Kier alpha value is -2.43. The Bertz CT molecular complexity index is 1230. The fraction of sp³-hybridized carbons (Fsp3) is 0.308. The van der Waals surface area contributed by atoms with Crippen molar-refractivity contribution in [3.05, 3.63) is 105 Å². The van der Waals surface area contributed by atoms with E-state index in [1.54, 1.807) is 6.07 Å². The number of hydrogen-bond acceptors (Lipinski definition) is 4. The van der Waals surface area contributed by atoms with Gasteiger partial charge in [-0.3, -0.25) is 4.98 Å². The number of pyridine rings is 1. The lowest BCUT2D eigenvalue weighted by molar-refractivity contribution is -0.109. The van der Waals surface area contributed by atoms with E-state index < -0.39 is 17.2 Å². The third kappa shape index (κ3) is 3.14. The summed E-state index contributed by atoms with van der Waals surface area (Å²) >= 11 is 9.78. The molecule has 0 amide bonds. The van der Waals surface area contributed by atoms with Crippen LogP contribution in [0.3, 0.4) is 0 Å². The standard InChI is InChI=1S/C26H23BrClN3O2/c1-29-23-20(15-31(2)3)22(16-7-5-4-6-8-16)26(17-9-11-18(27)12-10-17)25(23,32)24-21(33-26)13-19(28)14-30-24/h4-14,20,22-23,32H,15H2,2-3H3/t20-,22-,23?,25-,26+/m1/s1. The number of benzene rings is 2. The summed E-state index contributed by atoms with van der Waals surface area (Å²) in [6.45, 7) is 8.81. The molecular weight excluding hydrogens is 502 g/mol. The van der Waals surface area contributed by atoms with Crippen LogP contribution in [0.5, 0.6) is 5.75 Å². The van der Waals surface area contributed by atoms with E-state index in [0.29, 0.717) is 23.0 Å². The Morgan fingerprint density at radius 2 is 1.88 bits per heavy atom. The third-order valence-electron chi connectivity index (χ3n) is 6.86. The minimum Gasteiger partial charge on any atom is -0.476 e. The largest absolute Gasteiger partial charge is 0.476 e. The summed E-state index contributed by atoms with van der Waals surface area (Å²) in [6.07, 6.45) is 1.51. The first-order chi connectivity index (χ1) is 15.8. The summed E-state index contributed by atoms with van der Waals surface area (Å²) in [5, 5.41) is 13.1. The second-order valence-electron chi connectivity index (χ2n) is 9.00. The van der Waals surface area contributed by atoms with Gasteiger partial charge < -0.3 is 19.6 Å². The minimum atomic E-state index is -1.66. The molecule has 0 radical (unpaired) electrons. The number of ether oxygens (including phenoxy) is 1. The quantitative estimate of drug-likeness (QED) is 0.475. The normalized spacial score (nSPS) is 29.9. The number of aromatic nitrogens is 1. The van der Waals surface area contributed by atoms with Gasteiger partial charge in [-0.1, -0.05) is 70.0 Å². The molecule has 1 saturated carbocycles. The maximum atomic E-state index is 12.6. The molecule has 1 aliphatic heterocycles. The van der Waals surface area contributed by atoms with Gasteiger partial charge in [-0.15, -0.1) is 0 Å². The molecular formula is C26H23BrClN3O2. The Labute approximate surface area is 206 Å². The molecule has 33 heavy (non-hydrogen) atoms. The van der Waals surface area contributed by atoms with Crippen molar-refractivity contribution < 1.29 is 9.84 Å². The molecule has 2 aliphatic rings.